The Morgan fingerprint density at radius 3 is 2.74 bits per heavy atom. The van der Waals surface area contributed by atoms with Crippen molar-refractivity contribution in [2.45, 2.75) is 26.8 Å². The van der Waals surface area contributed by atoms with Gasteiger partial charge in [0.05, 0.1) is 12.2 Å². The number of amides is 1. The van der Waals surface area contributed by atoms with Crippen LogP contribution in [0.15, 0.2) is 30.3 Å². The second kappa shape index (κ2) is 8.72. The lowest BCUT2D eigenvalue weighted by atomic mass is 10.1. The van der Waals surface area contributed by atoms with Crippen molar-refractivity contribution in [1.29, 1.82) is 0 Å². The molecule has 1 saturated heterocycles. The maximum Gasteiger partial charge on any atom is 0.246 e. The fourth-order valence-corrected chi connectivity index (χ4v) is 3.62. The van der Waals surface area contributed by atoms with E-state index in [1.54, 1.807) is 6.08 Å². The van der Waals surface area contributed by atoms with E-state index in [-0.39, 0.29) is 5.91 Å². The van der Waals surface area contributed by atoms with Crippen LogP contribution in [0.2, 0.25) is 5.02 Å². The largest absolute Gasteiger partial charge is 0.338 e. The van der Waals surface area contributed by atoms with Gasteiger partial charge < -0.3 is 9.80 Å². The third kappa shape index (κ3) is 4.79. The molecule has 0 N–H and O–H groups in total. The van der Waals surface area contributed by atoms with Crippen LogP contribution in [0.1, 0.15) is 28.9 Å². The second-order valence-corrected chi connectivity index (χ2v) is 7.56. The van der Waals surface area contributed by atoms with Crippen LogP contribution in [0.4, 0.5) is 0 Å². The van der Waals surface area contributed by atoms with Gasteiger partial charge in [-0.05, 0) is 51.6 Å². The number of likely N-dealkylation sites (N-methyl/N-ethyl adjacent to an activating group) is 1. The number of nitrogens with zero attached hydrogens (tertiary/aromatic N) is 4. The quantitative estimate of drug-likeness (QED) is 0.756. The normalized spacial score (nSPS) is 16.1. The number of carbonyl (C=O) groups is 1. The van der Waals surface area contributed by atoms with E-state index < -0.39 is 0 Å². The van der Waals surface area contributed by atoms with Gasteiger partial charge in [0.15, 0.2) is 0 Å². The van der Waals surface area contributed by atoms with Gasteiger partial charge in [0.1, 0.15) is 0 Å². The summed E-state index contributed by atoms with van der Waals surface area (Å²) < 4.78 is 1.95. The highest BCUT2D eigenvalue weighted by Crippen LogP contribution is 2.20. The maximum absolute atomic E-state index is 12.6. The molecule has 1 amide bonds. The van der Waals surface area contributed by atoms with Gasteiger partial charge in [0.25, 0.3) is 0 Å². The molecule has 144 valence electrons. The van der Waals surface area contributed by atoms with Gasteiger partial charge in [-0.1, -0.05) is 29.8 Å². The summed E-state index contributed by atoms with van der Waals surface area (Å²) in [5.74, 6) is 0.0722. The van der Waals surface area contributed by atoms with E-state index in [9.17, 15) is 4.79 Å². The zero-order valence-corrected chi connectivity index (χ0v) is 17.0. The number of halogens is 1. The van der Waals surface area contributed by atoms with Crippen LogP contribution in [0.5, 0.6) is 0 Å². The van der Waals surface area contributed by atoms with E-state index in [4.69, 9.17) is 11.6 Å². The lowest BCUT2D eigenvalue weighted by Crippen LogP contribution is -2.33. The molecule has 1 aliphatic heterocycles. The Balaban J connectivity index is 1.73. The molecule has 3 rings (SSSR count). The molecule has 0 aliphatic carbocycles. The SMILES string of the molecule is Cc1nn(Cc2ccccc2Cl)c(C)c1/C=C/C(=O)N1CCCN(C)CC1. The van der Waals surface area contributed by atoms with Crippen LogP contribution >= 0.6 is 11.6 Å². The van der Waals surface area contributed by atoms with Crippen molar-refractivity contribution < 1.29 is 4.79 Å². The lowest BCUT2D eigenvalue weighted by molar-refractivity contribution is -0.125. The van der Waals surface area contributed by atoms with Crippen LogP contribution < -0.4 is 0 Å². The fourth-order valence-electron chi connectivity index (χ4n) is 3.42. The summed E-state index contributed by atoms with van der Waals surface area (Å²) >= 11 is 6.28. The molecule has 27 heavy (non-hydrogen) atoms. The average Bonchev–Trinajstić information content (AvgIpc) is 2.79. The Kier molecular flexibility index (Phi) is 6.34. The smallest absolute Gasteiger partial charge is 0.246 e. The molecule has 0 spiro atoms. The number of rotatable bonds is 4. The maximum atomic E-state index is 12.6. The number of benzene rings is 1. The van der Waals surface area contributed by atoms with Crippen molar-refractivity contribution in [2.75, 3.05) is 33.2 Å². The zero-order chi connectivity index (χ0) is 19.4. The zero-order valence-electron chi connectivity index (χ0n) is 16.3. The van der Waals surface area contributed by atoms with E-state index in [1.165, 1.54) is 0 Å². The summed E-state index contributed by atoms with van der Waals surface area (Å²) in [6.45, 7) is 8.18. The summed E-state index contributed by atoms with van der Waals surface area (Å²) in [6, 6.07) is 7.80. The summed E-state index contributed by atoms with van der Waals surface area (Å²) in [6.07, 6.45) is 4.60. The van der Waals surface area contributed by atoms with Gasteiger partial charge in [0.2, 0.25) is 5.91 Å². The number of aromatic nitrogens is 2. The molecule has 6 heteroatoms. The van der Waals surface area contributed by atoms with Crippen LogP contribution in [0.25, 0.3) is 6.08 Å². The van der Waals surface area contributed by atoms with Crippen LogP contribution in [-0.4, -0.2) is 58.7 Å². The van der Waals surface area contributed by atoms with Crippen molar-refractivity contribution >= 4 is 23.6 Å². The Hall–Kier alpha value is -2.11. The second-order valence-electron chi connectivity index (χ2n) is 7.15. The van der Waals surface area contributed by atoms with E-state index in [0.29, 0.717) is 6.54 Å². The number of carbonyl (C=O) groups excluding carboxylic acids is 1. The van der Waals surface area contributed by atoms with E-state index >= 15 is 0 Å². The molecule has 0 atom stereocenters. The minimum atomic E-state index is 0.0722. The van der Waals surface area contributed by atoms with Gasteiger partial charge in [-0.15, -0.1) is 0 Å². The molecule has 0 unspecified atom stereocenters. The first kappa shape index (κ1) is 19.6. The van der Waals surface area contributed by atoms with Crippen LogP contribution in [-0.2, 0) is 11.3 Å². The molecule has 0 bridgehead atoms. The van der Waals surface area contributed by atoms with Gasteiger partial charge in [-0.25, -0.2) is 0 Å². The number of hydrogen-bond acceptors (Lipinski definition) is 3. The Morgan fingerprint density at radius 1 is 1.19 bits per heavy atom. The molecular formula is C21H27ClN4O. The third-order valence-corrected chi connectivity index (χ3v) is 5.51. The van der Waals surface area contributed by atoms with Crippen molar-refractivity contribution in [3.8, 4) is 0 Å². The Bertz CT molecular complexity index is 843. The van der Waals surface area contributed by atoms with Gasteiger partial charge in [-0.3, -0.25) is 9.48 Å². The first-order valence-corrected chi connectivity index (χ1v) is 9.76. The summed E-state index contributed by atoms with van der Waals surface area (Å²) in [7, 11) is 2.10. The molecule has 1 fully saturated rings. The van der Waals surface area contributed by atoms with E-state index in [2.05, 4.69) is 17.0 Å². The standard InChI is InChI=1S/C21H27ClN4O/c1-16-19(9-10-21(27)25-12-6-11-24(3)13-14-25)17(2)26(23-16)15-18-7-4-5-8-20(18)22/h4-5,7-10H,6,11-15H2,1-3H3/b10-9+. The topological polar surface area (TPSA) is 41.4 Å². The van der Waals surface area contributed by atoms with Gasteiger partial charge >= 0.3 is 0 Å². The highest BCUT2D eigenvalue weighted by atomic mass is 35.5. The molecule has 2 heterocycles. The van der Waals surface area contributed by atoms with Gasteiger partial charge in [-0.2, -0.15) is 5.10 Å². The lowest BCUT2D eigenvalue weighted by Gasteiger charge is -2.18. The van der Waals surface area contributed by atoms with Crippen molar-refractivity contribution in [3.63, 3.8) is 0 Å². The van der Waals surface area contributed by atoms with Crippen LogP contribution in [0, 0.1) is 13.8 Å². The van der Waals surface area contributed by atoms with Crippen LogP contribution in [0.3, 0.4) is 0 Å². The molecule has 0 radical (unpaired) electrons. The molecule has 5 nitrogen and oxygen atoms in total. The van der Waals surface area contributed by atoms with E-state index in [0.717, 1.165) is 60.1 Å². The summed E-state index contributed by atoms with van der Waals surface area (Å²) in [4.78, 5) is 16.8. The predicted octanol–water partition coefficient (Wildman–Crippen LogP) is 3.38. The minimum absolute atomic E-state index is 0.0722. The number of hydrogen-bond donors (Lipinski definition) is 0. The first-order valence-electron chi connectivity index (χ1n) is 9.38. The highest BCUT2D eigenvalue weighted by molar-refractivity contribution is 6.31. The molecule has 1 aliphatic rings. The summed E-state index contributed by atoms with van der Waals surface area (Å²) in [5, 5.41) is 5.38. The molecular weight excluding hydrogens is 360 g/mol. The average molecular weight is 387 g/mol. The van der Waals surface area contributed by atoms with E-state index in [1.807, 2.05) is 53.8 Å². The summed E-state index contributed by atoms with van der Waals surface area (Å²) in [5.41, 5.74) is 3.98. The molecule has 1 aromatic heterocycles. The Labute approximate surface area is 166 Å². The first-order chi connectivity index (χ1) is 13.0. The Morgan fingerprint density at radius 2 is 1.96 bits per heavy atom. The van der Waals surface area contributed by atoms with Crippen molar-refractivity contribution in [1.82, 2.24) is 19.6 Å². The monoisotopic (exact) mass is 386 g/mol. The third-order valence-electron chi connectivity index (χ3n) is 5.14. The minimum Gasteiger partial charge on any atom is -0.338 e. The molecule has 0 saturated carbocycles. The van der Waals surface area contributed by atoms with Crippen molar-refractivity contribution in [3.05, 3.63) is 57.9 Å². The number of aryl methyl sites for hydroxylation is 1. The highest BCUT2D eigenvalue weighted by Gasteiger charge is 2.16. The molecule has 2 aromatic rings. The van der Waals surface area contributed by atoms with Crippen molar-refractivity contribution in [2.24, 2.45) is 0 Å². The van der Waals surface area contributed by atoms with Gasteiger partial charge in [0, 0.05) is 42.0 Å². The fraction of sp³-hybridized carbons (Fsp3) is 0.429. The predicted molar refractivity (Wildman–Crippen MR) is 110 cm³/mol. The molecule has 1 aromatic carbocycles.